The van der Waals surface area contributed by atoms with Crippen molar-refractivity contribution in [3.05, 3.63) is 37.3 Å². The van der Waals surface area contributed by atoms with E-state index in [9.17, 15) is 0 Å². The Bertz CT molecular complexity index is 200. The summed E-state index contributed by atoms with van der Waals surface area (Å²) in [4.78, 5) is 4.04. The Balaban J connectivity index is 2.80. The van der Waals surface area contributed by atoms with Crippen molar-refractivity contribution in [1.29, 1.82) is 0 Å². The minimum atomic E-state index is 0.935. The van der Waals surface area contributed by atoms with Gasteiger partial charge >= 0.3 is 0 Å². The zero-order chi connectivity index (χ0) is 6.69. The number of allylic oxidation sites excluding steroid dienone is 1. The highest BCUT2D eigenvalue weighted by Crippen LogP contribution is 1.96. The molecule has 0 bridgehead atoms. The zero-order valence-electron chi connectivity index (χ0n) is 5.41. The summed E-state index contributed by atoms with van der Waals surface area (Å²) in [6.07, 6.45) is 7.24. The van der Waals surface area contributed by atoms with E-state index < -0.39 is 0 Å². The minimum absolute atomic E-state index is 0.935. The fourth-order valence-corrected chi connectivity index (χ4v) is 0.643. The summed E-state index contributed by atoms with van der Waals surface area (Å²) in [6.45, 7) is 3.57. The predicted octanol–water partition coefficient (Wildman–Crippen LogP) is 1.16. The van der Waals surface area contributed by atoms with Crippen LogP contribution in [0.25, 0.3) is 0 Å². The van der Waals surface area contributed by atoms with Gasteiger partial charge in [-0.2, -0.15) is 0 Å². The quantitative estimate of drug-likeness (QED) is 0.574. The molecule has 0 N–H and O–H groups in total. The van der Waals surface area contributed by atoms with Crippen LogP contribution in [0.4, 0.5) is 0 Å². The summed E-state index contributed by atoms with van der Waals surface area (Å²) in [5.74, 6) is 0.935. The lowest BCUT2D eigenvalue weighted by Crippen LogP contribution is -1.92. The van der Waals surface area contributed by atoms with E-state index in [2.05, 4.69) is 11.6 Å². The summed E-state index contributed by atoms with van der Waals surface area (Å²) in [6, 6.07) is 0. The van der Waals surface area contributed by atoms with Gasteiger partial charge in [0.25, 0.3) is 0 Å². The molecule has 0 unspecified atom stereocenters. The van der Waals surface area contributed by atoms with Crippen LogP contribution in [0.15, 0.2) is 25.0 Å². The van der Waals surface area contributed by atoms with Gasteiger partial charge in [0.2, 0.25) is 0 Å². The van der Waals surface area contributed by atoms with Crippen LogP contribution in [0.1, 0.15) is 5.82 Å². The van der Waals surface area contributed by atoms with Crippen LogP contribution in [-0.2, 0) is 7.05 Å². The normalized spacial score (nSPS) is 9.44. The van der Waals surface area contributed by atoms with Gasteiger partial charge in [0.05, 0.1) is 0 Å². The van der Waals surface area contributed by atoms with Crippen molar-refractivity contribution < 1.29 is 0 Å². The molecule has 47 valence electrons. The molecule has 9 heavy (non-hydrogen) atoms. The third-order valence-corrected chi connectivity index (χ3v) is 1.13. The molecule has 1 rings (SSSR count). The third-order valence-electron chi connectivity index (χ3n) is 1.13. The largest absolute Gasteiger partial charge is 0.337 e. The molecule has 0 saturated carbocycles. The van der Waals surface area contributed by atoms with Crippen molar-refractivity contribution in [3.8, 4) is 0 Å². The smallest absolute Gasteiger partial charge is 0.116 e. The summed E-state index contributed by atoms with van der Waals surface area (Å²) < 4.78 is 1.93. The molecule has 0 aliphatic carbocycles. The molecule has 0 amide bonds. The van der Waals surface area contributed by atoms with Gasteiger partial charge in [-0.1, -0.05) is 6.08 Å². The second-order valence-electron chi connectivity index (χ2n) is 1.80. The number of imidazole rings is 1. The predicted molar refractivity (Wildman–Crippen MR) is 36.8 cm³/mol. The van der Waals surface area contributed by atoms with Gasteiger partial charge in [0.15, 0.2) is 0 Å². The number of nitrogens with zero attached hydrogens (tertiary/aromatic N) is 2. The van der Waals surface area contributed by atoms with E-state index in [1.54, 1.807) is 12.3 Å². The molecule has 0 atom stereocenters. The Morgan fingerprint density at radius 2 is 2.56 bits per heavy atom. The molecule has 2 nitrogen and oxygen atoms in total. The van der Waals surface area contributed by atoms with Crippen molar-refractivity contribution in [1.82, 2.24) is 9.55 Å². The molecule has 0 aliphatic rings. The second kappa shape index (κ2) is 2.49. The van der Waals surface area contributed by atoms with E-state index in [0.29, 0.717) is 0 Å². The van der Waals surface area contributed by atoms with Crippen LogP contribution < -0.4 is 0 Å². The number of hydrogen-bond acceptors (Lipinski definition) is 1. The fourth-order valence-electron chi connectivity index (χ4n) is 0.643. The van der Waals surface area contributed by atoms with Gasteiger partial charge in [-0.25, -0.2) is 4.98 Å². The lowest BCUT2D eigenvalue weighted by Gasteiger charge is -1.93. The molecule has 1 aromatic rings. The second-order valence-corrected chi connectivity index (χ2v) is 1.80. The molecule has 1 radical (unpaired) electrons. The number of aryl methyl sites for hydroxylation is 1. The molecule has 0 aliphatic heterocycles. The summed E-state index contributed by atoms with van der Waals surface area (Å²) in [5, 5.41) is 0. The third kappa shape index (κ3) is 1.19. The fraction of sp³-hybridized carbons (Fsp3) is 0.143. The zero-order valence-corrected chi connectivity index (χ0v) is 5.41. The number of rotatable bonds is 2. The number of hydrogen-bond donors (Lipinski definition) is 0. The van der Waals surface area contributed by atoms with Crippen molar-refractivity contribution in [2.75, 3.05) is 0 Å². The first-order valence-electron chi connectivity index (χ1n) is 2.77. The van der Waals surface area contributed by atoms with E-state index in [-0.39, 0.29) is 0 Å². The number of aromatic nitrogens is 2. The lowest BCUT2D eigenvalue weighted by molar-refractivity contribution is 0.874. The lowest BCUT2D eigenvalue weighted by atomic mass is 10.4. The van der Waals surface area contributed by atoms with E-state index in [1.807, 2.05) is 24.2 Å². The van der Waals surface area contributed by atoms with Crippen LogP contribution in [0.2, 0.25) is 0 Å². The van der Waals surface area contributed by atoms with Crippen LogP contribution in [0.5, 0.6) is 0 Å². The van der Waals surface area contributed by atoms with Crippen LogP contribution >= 0.6 is 0 Å². The van der Waals surface area contributed by atoms with Gasteiger partial charge in [0.1, 0.15) is 5.82 Å². The van der Waals surface area contributed by atoms with Gasteiger partial charge in [-0.3, -0.25) is 0 Å². The van der Waals surface area contributed by atoms with Gasteiger partial charge in [-0.15, -0.1) is 6.58 Å². The molecule has 1 aromatic heterocycles. The van der Waals surface area contributed by atoms with E-state index in [0.717, 1.165) is 5.82 Å². The maximum absolute atomic E-state index is 4.04. The van der Waals surface area contributed by atoms with Crippen molar-refractivity contribution in [2.45, 2.75) is 0 Å². The van der Waals surface area contributed by atoms with Crippen LogP contribution in [-0.4, -0.2) is 9.55 Å². The molecule has 0 fully saturated rings. The molecule has 0 aromatic carbocycles. The Kier molecular flexibility index (Phi) is 1.68. The molecule has 0 spiro atoms. The molecule has 0 saturated heterocycles. The monoisotopic (exact) mass is 121 g/mol. The first-order chi connectivity index (χ1) is 4.34. The maximum atomic E-state index is 4.04. The summed E-state index contributed by atoms with van der Waals surface area (Å²) in [7, 11) is 1.95. The highest BCUT2D eigenvalue weighted by Gasteiger charge is 1.92. The molecule has 1 heterocycles. The Labute approximate surface area is 54.8 Å². The van der Waals surface area contributed by atoms with E-state index in [1.165, 1.54) is 0 Å². The van der Waals surface area contributed by atoms with E-state index in [4.69, 9.17) is 0 Å². The molecule has 2 heteroatoms. The molecular weight excluding hydrogens is 112 g/mol. The Morgan fingerprint density at radius 1 is 1.78 bits per heavy atom. The van der Waals surface area contributed by atoms with E-state index >= 15 is 0 Å². The average Bonchev–Trinajstić information content (AvgIpc) is 2.18. The first kappa shape index (κ1) is 6.08. The Hall–Kier alpha value is -1.05. The van der Waals surface area contributed by atoms with Gasteiger partial charge in [-0.05, 0) is 0 Å². The van der Waals surface area contributed by atoms with Crippen molar-refractivity contribution in [2.24, 2.45) is 7.05 Å². The van der Waals surface area contributed by atoms with Gasteiger partial charge < -0.3 is 4.57 Å². The summed E-state index contributed by atoms with van der Waals surface area (Å²) >= 11 is 0. The Morgan fingerprint density at radius 3 is 3.00 bits per heavy atom. The summed E-state index contributed by atoms with van der Waals surface area (Å²) in [5.41, 5.74) is 0. The van der Waals surface area contributed by atoms with Crippen molar-refractivity contribution >= 4 is 0 Å². The highest BCUT2D eigenvalue weighted by atomic mass is 15.0. The maximum Gasteiger partial charge on any atom is 0.116 e. The standard InChI is InChI=1S/C7H9N2/c1-3-4-7-8-5-6-9(7)2/h3-6H,1H2,2H3. The van der Waals surface area contributed by atoms with Crippen LogP contribution in [0, 0.1) is 6.42 Å². The van der Waals surface area contributed by atoms with Crippen molar-refractivity contribution in [3.63, 3.8) is 0 Å². The minimum Gasteiger partial charge on any atom is -0.337 e. The van der Waals surface area contributed by atoms with Gasteiger partial charge in [0, 0.05) is 25.9 Å². The first-order valence-corrected chi connectivity index (χ1v) is 2.77. The molecular formula is C7H9N2. The SMILES string of the molecule is C=C[CH]c1nccn1C. The topological polar surface area (TPSA) is 17.8 Å². The average molecular weight is 121 g/mol. The highest BCUT2D eigenvalue weighted by molar-refractivity contribution is 5.11. The van der Waals surface area contributed by atoms with Crippen LogP contribution in [0.3, 0.4) is 0 Å².